The number of esters is 3. The lowest BCUT2D eigenvalue weighted by Crippen LogP contribution is -2.69. The number of rotatable bonds is 35. The molecule has 140 heavy (non-hydrogen) atoms. The van der Waals surface area contributed by atoms with E-state index in [0.29, 0.717) is 51.4 Å². The number of aliphatic hydroxyl groups is 22. The maximum absolute atomic E-state index is 16.4. The monoisotopic (exact) mass is 2010 g/mol. The molecule has 0 bridgehead atoms. The fraction of sp³-hybridized carbons (Fsp3) is 0.904. The zero-order valence-electron chi connectivity index (χ0n) is 81.0. The molecule has 0 aromatic heterocycles. The topological polar surface area (TPSA) is 717 Å². The van der Waals surface area contributed by atoms with Gasteiger partial charge in [-0.3, -0.25) is 14.4 Å². The van der Waals surface area contributed by atoms with Gasteiger partial charge < -0.3 is 208 Å². The molecule has 13 rings (SSSR count). The van der Waals surface area contributed by atoms with Gasteiger partial charge in [-0.1, -0.05) is 93.7 Å². The summed E-state index contributed by atoms with van der Waals surface area (Å²) in [5, 5.41) is 254. The van der Waals surface area contributed by atoms with Crippen LogP contribution in [0.2, 0.25) is 0 Å². The third-order valence-electron chi connectivity index (χ3n) is 33.6. The minimum Gasteiger partial charge on any atom is -0.506 e. The molecule has 7 saturated heterocycles. The highest BCUT2D eigenvalue weighted by Crippen LogP contribution is 2.76. The summed E-state index contributed by atoms with van der Waals surface area (Å²) in [6, 6.07) is 0. The summed E-state index contributed by atoms with van der Waals surface area (Å²) in [5.41, 5.74) is -5.29. The molecule has 0 amide bonds. The maximum atomic E-state index is 16.4. The summed E-state index contributed by atoms with van der Waals surface area (Å²) >= 11 is 0. The van der Waals surface area contributed by atoms with Gasteiger partial charge in [0.1, 0.15) is 158 Å². The van der Waals surface area contributed by atoms with Crippen molar-refractivity contribution in [2.45, 2.75) is 444 Å². The van der Waals surface area contributed by atoms with Gasteiger partial charge in [-0.2, -0.15) is 0 Å². The summed E-state index contributed by atoms with van der Waals surface area (Å²) in [7, 11) is 0. The first-order chi connectivity index (χ1) is 65.7. The number of allylic oxidation sites excluding steroid dienone is 2. The second-order valence-electron chi connectivity index (χ2n) is 42.9. The third-order valence-corrected chi connectivity index (χ3v) is 33.6. The molecule has 11 fully saturated rings. The standard InChI is InChI=1S/C94H150O46/c1-14-36(3)46(127-57(103)26-42(100)25-47(37(4)15-2)129-86-77(64(110)52(33-97)133-86)138-82-69(115)65(111)59(105)39(6)125-82)24-41(99)27-58(104)128-48-28-49(130-85-73(119)74(60(106)40(7)126-85)135-83-70(116)66(112)62(108)50(31-95)131-83)80(124-38(48)5)140-88(122)94-23-22-89(8,9)29-44(94)43-16-17-54-90(10)20-19-56(91(11,35-98)53(90)18-21-92(54,12)93(43,13)30-55(94)102)134-87-78(139-84-71(117)67(113)63(109)51(32-96)132-84)75(72(118)76(137-87)79(120)121)136-81-68(114)61(107)45(101)34-123-81/h16,35-42,44-56,59-60,62-67,69-78,80-87,95-97,99-102,105-119H,14-15,17-34H2,1-13H3,(H,120,121)/t36-,37-,38+,39-,40-,41-,42-,44-,45+,46-,47-,48+,49+,50+,51+,52-,53+,54?,55+,56-,59-,60-,62+,63-,64-,65+,66-,67-,69+,70+,71+,72-,73+,74+,75-,76-,77+,78+,80-,81-,82-,83-,84-,85-,86+,87+,90-,91-,92+,93+,94+/m0/s1. The lowest BCUT2D eigenvalue weighted by molar-refractivity contribution is -0.384. The number of aliphatic carboxylic acids is 1. The highest BCUT2D eigenvalue weighted by atomic mass is 16.8. The quantitative estimate of drug-likeness (QED) is 0.00971. The molecule has 8 heterocycles. The molecular formula is C94H150O46. The Kier molecular flexibility index (Phi) is 36.1. The molecule has 4 saturated carbocycles. The number of hydrogen-bond acceptors (Lipinski definition) is 45. The average molecular weight is 2020 g/mol. The molecule has 46 nitrogen and oxygen atoms in total. The highest BCUT2D eigenvalue weighted by Gasteiger charge is 2.74. The molecule has 13 aliphatic rings. The number of aldehydes is 1. The van der Waals surface area contributed by atoms with E-state index in [1.54, 1.807) is 27.7 Å². The van der Waals surface area contributed by atoms with Gasteiger partial charge in [-0.15, -0.1) is 0 Å². The number of carboxylic acid groups (broad SMARTS) is 1. The minimum atomic E-state index is -2.28. The molecule has 0 spiro atoms. The Hall–Kier alpha value is -4.77. The summed E-state index contributed by atoms with van der Waals surface area (Å²) in [4.78, 5) is 72.3. The Morgan fingerprint density at radius 2 is 1.04 bits per heavy atom. The van der Waals surface area contributed by atoms with Crippen LogP contribution in [0.15, 0.2) is 23.2 Å². The van der Waals surface area contributed by atoms with E-state index in [1.807, 2.05) is 6.92 Å². The van der Waals surface area contributed by atoms with Crippen LogP contribution in [-0.4, -0.2) is 426 Å². The van der Waals surface area contributed by atoms with Gasteiger partial charge in [-0.05, 0) is 130 Å². The Morgan fingerprint density at radius 1 is 0.500 bits per heavy atom. The van der Waals surface area contributed by atoms with Gasteiger partial charge in [0.25, 0.3) is 0 Å². The van der Waals surface area contributed by atoms with Crippen molar-refractivity contribution in [1.29, 1.82) is 0 Å². The first-order valence-electron chi connectivity index (χ1n) is 49.1. The second kappa shape index (κ2) is 45.0. The maximum Gasteiger partial charge on any atom is 0.335 e. The predicted molar refractivity (Wildman–Crippen MR) is 467 cm³/mol. The average Bonchev–Trinajstić information content (AvgIpc) is 0.673. The Labute approximate surface area is 809 Å². The first kappa shape index (κ1) is 112. The van der Waals surface area contributed by atoms with Crippen molar-refractivity contribution < 1.29 is 227 Å². The van der Waals surface area contributed by atoms with Crippen LogP contribution in [-0.2, 0) is 109 Å². The van der Waals surface area contributed by atoms with E-state index in [2.05, 4.69) is 40.7 Å². The van der Waals surface area contributed by atoms with E-state index in [-0.39, 0.29) is 43.9 Å². The molecule has 8 aliphatic heterocycles. The highest BCUT2D eigenvalue weighted by molar-refractivity contribution is 5.80. The second-order valence-corrected chi connectivity index (χ2v) is 42.9. The fourth-order valence-corrected chi connectivity index (χ4v) is 24.3. The van der Waals surface area contributed by atoms with E-state index in [4.69, 9.17) is 85.3 Å². The summed E-state index contributed by atoms with van der Waals surface area (Å²) in [6.45, 7) is 20.4. The van der Waals surface area contributed by atoms with Crippen molar-refractivity contribution in [1.82, 2.24) is 0 Å². The molecule has 0 aromatic carbocycles. The molecule has 0 radical (unpaired) electrons. The lowest BCUT2D eigenvalue weighted by atomic mass is 9.33. The Balaban J connectivity index is 0.729. The fourth-order valence-electron chi connectivity index (χ4n) is 24.3. The van der Waals surface area contributed by atoms with Crippen molar-refractivity contribution in [2.75, 3.05) is 26.4 Å². The Morgan fingerprint density at radius 3 is 1.63 bits per heavy atom. The number of carbonyl (C=O) groups is 5. The van der Waals surface area contributed by atoms with Crippen molar-refractivity contribution >= 4 is 30.2 Å². The SMILES string of the molecule is CC[C@H](C)[C@H](C[C@H](O)CC(=O)O[C@@H]1C[C@@H](O[C@@H]2O[C@@H](C)[C@H](O)[C@@H](O[C@@H]3O[C@H](CO)[C@@H](O)[C@H](O)[C@H]3O)[C@H]2O)[C@H](OC(=O)[C@]23CCC(C)(C)C[C@H]2C2=CCC4[C@@]5(C)CC[C@H](O[C@@H]6O[C@H](C(=O)O)[C@@H](O)[C@H](O[C@@H]7OC[C@@H](O)C(O)=C7O)[C@H]6O[C@@H]6O[C@H](CO)[C@H](O)[C@H](O)[C@H]6O)[C@@](C)(C=O)[C@@H]5CC[C@@]4(C)[C@]2(C)C[C@H]3O)O[C@@H]1C)OC(=O)C[C@@H](O)C[C@H](O[C@@H]1O[C@@H](CO)[C@H](O)[C@H]1O[C@@H]1O[C@@H](C)[C@H](O)[C@@H](O)[C@H]1O)[C@@H](C)CC. The zero-order valence-corrected chi connectivity index (χ0v) is 81.0. The van der Waals surface area contributed by atoms with Gasteiger partial charge >= 0.3 is 23.9 Å². The van der Waals surface area contributed by atoms with E-state index >= 15 is 4.79 Å². The normalized spacial score (nSPS) is 47.8. The van der Waals surface area contributed by atoms with Crippen molar-refractivity contribution in [3.05, 3.63) is 23.2 Å². The van der Waals surface area contributed by atoms with Crippen LogP contribution >= 0.6 is 0 Å². The zero-order chi connectivity index (χ0) is 103. The van der Waals surface area contributed by atoms with Crippen LogP contribution in [0.25, 0.3) is 0 Å². The van der Waals surface area contributed by atoms with Crippen molar-refractivity contribution in [2.24, 2.45) is 62.1 Å². The van der Waals surface area contributed by atoms with Crippen LogP contribution in [0.1, 0.15) is 193 Å². The lowest BCUT2D eigenvalue weighted by Gasteiger charge is -2.71. The van der Waals surface area contributed by atoms with Gasteiger partial charge in [-0.25, -0.2) is 4.79 Å². The smallest absolute Gasteiger partial charge is 0.335 e. The van der Waals surface area contributed by atoms with E-state index in [0.717, 1.165) is 11.9 Å². The molecule has 802 valence electrons. The van der Waals surface area contributed by atoms with Crippen LogP contribution in [0.3, 0.4) is 0 Å². The number of carbonyl (C=O) groups excluding carboxylic acids is 4. The summed E-state index contributed by atoms with van der Waals surface area (Å²) < 4.78 is 110. The van der Waals surface area contributed by atoms with Crippen LogP contribution < -0.4 is 0 Å². The van der Waals surface area contributed by atoms with Crippen molar-refractivity contribution in [3.63, 3.8) is 0 Å². The molecule has 46 heteroatoms. The molecule has 51 atom stereocenters. The van der Waals surface area contributed by atoms with Crippen LogP contribution in [0.5, 0.6) is 0 Å². The predicted octanol–water partition coefficient (Wildman–Crippen LogP) is -3.30. The number of fused-ring (bicyclic) bond motifs is 7. The van der Waals surface area contributed by atoms with Crippen molar-refractivity contribution in [3.8, 4) is 0 Å². The van der Waals surface area contributed by atoms with Crippen LogP contribution in [0, 0.1) is 62.1 Å². The molecule has 5 aliphatic carbocycles. The van der Waals surface area contributed by atoms with E-state index in [9.17, 15) is 137 Å². The third kappa shape index (κ3) is 21.9. The van der Waals surface area contributed by atoms with Gasteiger partial charge in [0, 0.05) is 19.3 Å². The number of aliphatic hydroxyl groups excluding tert-OH is 22. The van der Waals surface area contributed by atoms with Gasteiger partial charge in [0.15, 0.2) is 55.4 Å². The summed E-state index contributed by atoms with van der Waals surface area (Å²) in [5.74, 6) is -9.11. The minimum absolute atomic E-state index is 0.0169. The van der Waals surface area contributed by atoms with E-state index < -0.39 is 383 Å². The van der Waals surface area contributed by atoms with Crippen LogP contribution in [0.4, 0.5) is 0 Å². The molecule has 23 N–H and O–H groups in total. The largest absolute Gasteiger partial charge is 0.506 e. The molecule has 0 aromatic rings. The summed E-state index contributed by atoms with van der Waals surface area (Å²) in [6.07, 6.45) is -65.4. The van der Waals surface area contributed by atoms with Gasteiger partial charge in [0.2, 0.25) is 12.6 Å². The number of carboxylic acids is 1. The van der Waals surface area contributed by atoms with E-state index in [1.165, 1.54) is 20.8 Å². The Bertz CT molecular complexity index is 4220. The number of hydrogen-bond donors (Lipinski definition) is 23. The van der Waals surface area contributed by atoms with Gasteiger partial charge in [0.05, 0.1) is 93.5 Å². The first-order valence-corrected chi connectivity index (χ1v) is 49.1. The molecular weight excluding hydrogens is 1860 g/mol. The number of ether oxygens (including phenoxy) is 18. The molecule has 1 unspecified atom stereocenters.